The van der Waals surface area contributed by atoms with Crippen LogP contribution in [-0.2, 0) is 12.8 Å². The molecule has 0 aromatic heterocycles. The Kier molecular flexibility index (Phi) is 4.90. The number of nitro groups is 1. The molecule has 0 spiro atoms. The lowest BCUT2D eigenvalue weighted by molar-refractivity contribution is -0.385. The second-order valence-electron chi connectivity index (χ2n) is 6.24. The third-order valence-electron chi connectivity index (χ3n) is 4.87. The molecule has 2 aromatic rings. The fraction of sp³-hybridized carbons (Fsp3) is 0.368. The van der Waals surface area contributed by atoms with Crippen LogP contribution in [0.5, 0.6) is 11.5 Å². The monoisotopic (exact) mass is 342 g/mol. The van der Waals surface area contributed by atoms with Crippen LogP contribution < -0.4 is 9.47 Å². The van der Waals surface area contributed by atoms with E-state index in [0.717, 1.165) is 29.8 Å². The summed E-state index contributed by atoms with van der Waals surface area (Å²) in [6.45, 7) is 0.897. The van der Waals surface area contributed by atoms with Crippen LogP contribution in [-0.4, -0.2) is 37.6 Å². The molecule has 2 aromatic carbocycles. The summed E-state index contributed by atoms with van der Waals surface area (Å²) >= 11 is 0. The van der Waals surface area contributed by atoms with Crippen LogP contribution in [0.1, 0.15) is 22.7 Å². The van der Waals surface area contributed by atoms with Crippen LogP contribution in [0.25, 0.3) is 0 Å². The number of nitrogens with zero attached hydrogens (tertiary/aromatic N) is 2. The van der Waals surface area contributed by atoms with Gasteiger partial charge in [0, 0.05) is 24.2 Å². The molecule has 0 saturated heterocycles. The first-order chi connectivity index (χ1) is 12.0. The lowest BCUT2D eigenvalue weighted by Crippen LogP contribution is -2.33. The number of likely N-dealkylation sites (N-methyl/N-ethyl adjacent to an activating group) is 1. The van der Waals surface area contributed by atoms with Crippen LogP contribution in [0.3, 0.4) is 0 Å². The molecule has 0 saturated carbocycles. The van der Waals surface area contributed by atoms with E-state index in [1.165, 1.54) is 5.56 Å². The summed E-state index contributed by atoms with van der Waals surface area (Å²) in [5.74, 6) is 1.40. The van der Waals surface area contributed by atoms with Gasteiger partial charge < -0.3 is 9.47 Å². The number of nitro benzene ring substituents is 1. The Morgan fingerprint density at radius 1 is 1.20 bits per heavy atom. The maximum Gasteiger partial charge on any atom is 0.272 e. The molecule has 1 heterocycles. The predicted molar refractivity (Wildman–Crippen MR) is 95.4 cm³/mol. The van der Waals surface area contributed by atoms with E-state index in [9.17, 15) is 10.1 Å². The summed E-state index contributed by atoms with van der Waals surface area (Å²) in [5, 5.41) is 11.3. The third kappa shape index (κ3) is 3.30. The molecule has 1 aliphatic heterocycles. The first kappa shape index (κ1) is 17.2. The Morgan fingerprint density at radius 2 is 1.88 bits per heavy atom. The Bertz CT molecular complexity index is 791. The number of benzene rings is 2. The maximum atomic E-state index is 11.3. The number of ether oxygens (including phenoxy) is 2. The fourth-order valence-electron chi connectivity index (χ4n) is 3.49. The van der Waals surface area contributed by atoms with Gasteiger partial charge in [-0.05, 0) is 43.1 Å². The topological polar surface area (TPSA) is 64.8 Å². The van der Waals surface area contributed by atoms with Crippen LogP contribution in [0.2, 0.25) is 0 Å². The largest absolute Gasteiger partial charge is 0.493 e. The van der Waals surface area contributed by atoms with E-state index in [1.807, 2.05) is 24.3 Å². The Labute approximate surface area is 147 Å². The molecule has 0 amide bonds. The summed E-state index contributed by atoms with van der Waals surface area (Å²) in [4.78, 5) is 13.3. The van der Waals surface area contributed by atoms with Crippen molar-refractivity contribution >= 4 is 5.69 Å². The van der Waals surface area contributed by atoms with Gasteiger partial charge in [-0.3, -0.25) is 15.0 Å². The van der Waals surface area contributed by atoms with Gasteiger partial charge in [0.25, 0.3) is 5.69 Å². The fourth-order valence-corrected chi connectivity index (χ4v) is 3.49. The van der Waals surface area contributed by atoms with E-state index < -0.39 is 0 Å². The normalized spacial score (nSPS) is 17.0. The van der Waals surface area contributed by atoms with Crippen LogP contribution >= 0.6 is 0 Å². The van der Waals surface area contributed by atoms with Crippen molar-refractivity contribution in [3.05, 3.63) is 63.2 Å². The smallest absolute Gasteiger partial charge is 0.272 e. The summed E-state index contributed by atoms with van der Waals surface area (Å²) in [6.07, 6.45) is 1.50. The SMILES string of the molecule is COc1cc2c(cc1OC)[C@@H](Cc1ccccc1[N+](=O)[O-])N(C)CC2. The van der Waals surface area contributed by atoms with E-state index in [2.05, 4.69) is 11.9 Å². The van der Waals surface area contributed by atoms with Gasteiger partial charge in [-0.1, -0.05) is 18.2 Å². The van der Waals surface area contributed by atoms with Crippen molar-refractivity contribution in [1.82, 2.24) is 4.90 Å². The maximum absolute atomic E-state index is 11.3. The molecule has 6 nitrogen and oxygen atoms in total. The van der Waals surface area contributed by atoms with E-state index in [0.29, 0.717) is 12.2 Å². The molecule has 132 valence electrons. The van der Waals surface area contributed by atoms with Crippen LogP contribution in [0.15, 0.2) is 36.4 Å². The van der Waals surface area contributed by atoms with Gasteiger partial charge in [0.15, 0.2) is 11.5 Å². The zero-order chi connectivity index (χ0) is 18.0. The molecule has 1 aliphatic rings. The minimum absolute atomic E-state index is 0.0599. The van der Waals surface area contributed by atoms with Crippen LogP contribution in [0.4, 0.5) is 5.69 Å². The summed E-state index contributed by atoms with van der Waals surface area (Å²) in [6, 6.07) is 11.0. The highest BCUT2D eigenvalue weighted by atomic mass is 16.6. The molecule has 0 unspecified atom stereocenters. The number of para-hydroxylation sites is 1. The second kappa shape index (κ2) is 7.11. The number of hydrogen-bond donors (Lipinski definition) is 0. The van der Waals surface area contributed by atoms with Crippen molar-refractivity contribution < 1.29 is 14.4 Å². The minimum Gasteiger partial charge on any atom is -0.493 e. The summed E-state index contributed by atoms with van der Waals surface area (Å²) in [5.41, 5.74) is 3.26. The number of hydrogen-bond acceptors (Lipinski definition) is 5. The van der Waals surface area contributed by atoms with Crippen molar-refractivity contribution in [1.29, 1.82) is 0 Å². The molecule has 25 heavy (non-hydrogen) atoms. The Hall–Kier alpha value is -2.60. The van der Waals surface area contributed by atoms with E-state index in [4.69, 9.17) is 9.47 Å². The first-order valence-electron chi connectivity index (χ1n) is 8.22. The highest BCUT2D eigenvalue weighted by Gasteiger charge is 2.29. The molecule has 6 heteroatoms. The molecule has 0 N–H and O–H groups in total. The van der Waals surface area contributed by atoms with Gasteiger partial charge >= 0.3 is 0 Å². The van der Waals surface area contributed by atoms with Crippen molar-refractivity contribution in [2.75, 3.05) is 27.8 Å². The summed E-state index contributed by atoms with van der Waals surface area (Å²) < 4.78 is 10.9. The molecule has 0 bridgehead atoms. The van der Waals surface area contributed by atoms with E-state index in [1.54, 1.807) is 26.4 Å². The van der Waals surface area contributed by atoms with Gasteiger partial charge in [-0.2, -0.15) is 0 Å². The predicted octanol–water partition coefficient (Wildman–Crippen LogP) is 3.38. The zero-order valence-electron chi connectivity index (χ0n) is 14.7. The third-order valence-corrected chi connectivity index (χ3v) is 4.87. The quantitative estimate of drug-likeness (QED) is 0.616. The standard InChI is InChI=1S/C19H22N2O4/c1-20-9-8-13-11-18(24-2)19(25-3)12-15(13)17(20)10-14-6-4-5-7-16(14)21(22)23/h4-7,11-12,17H,8-10H2,1-3H3/t17-/m1/s1. The first-order valence-corrected chi connectivity index (χ1v) is 8.22. The van der Waals surface area contributed by atoms with Gasteiger partial charge in [0.1, 0.15) is 0 Å². The molecule has 3 rings (SSSR count). The zero-order valence-corrected chi connectivity index (χ0v) is 14.7. The molecule has 0 fully saturated rings. The average Bonchev–Trinajstić information content (AvgIpc) is 2.63. The Morgan fingerprint density at radius 3 is 2.56 bits per heavy atom. The van der Waals surface area contributed by atoms with Crippen molar-refractivity contribution in [3.8, 4) is 11.5 Å². The lowest BCUT2D eigenvalue weighted by atomic mass is 9.88. The molecular formula is C19H22N2O4. The number of rotatable bonds is 5. The molecular weight excluding hydrogens is 320 g/mol. The van der Waals surface area contributed by atoms with Gasteiger partial charge in [0.2, 0.25) is 0 Å². The summed E-state index contributed by atoms with van der Waals surface area (Å²) in [7, 11) is 5.30. The van der Waals surface area contributed by atoms with Gasteiger partial charge in [-0.15, -0.1) is 0 Å². The minimum atomic E-state index is -0.312. The molecule has 1 atom stereocenters. The highest BCUT2D eigenvalue weighted by Crippen LogP contribution is 2.39. The van der Waals surface area contributed by atoms with Crippen molar-refractivity contribution in [2.24, 2.45) is 0 Å². The molecule has 0 radical (unpaired) electrons. The van der Waals surface area contributed by atoms with Crippen LogP contribution in [0, 0.1) is 10.1 Å². The number of methoxy groups -OCH3 is 2. The van der Waals surface area contributed by atoms with E-state index >= 15 is 0 Å². The van der Waals surface area contributed by atoms with Crippen molar-refractivity contribution in [2.45, 2.75) is 18.9 Å². The van der Waals surface area contributed by atoms with E-state index in [-0.39, 0.29) is 16.7 Å². The average molecular weight is 342 g/mol. The Balaban J connectivity index is 2.02. The highest BCUT2D eigenvalue weighted by molar-refractivity contribution is 5.50. The second-order valence-corrected chi connectivity index (χ2v) is 6.24. The molecule has 0 aliphatic carbocycles. The lowest BCUT2D eigenvalue weighted by Gasteiger charge is -2.35. The van der Waals surface area contributed by atoms with Crippen molar-refractivity contribution in [3.63, 3.8) is 0 Å². The van der Waals surface area contributed by atoms with Gasteiger partial charge in [-0.25, -0.2) is 0 Å². The van der Waals surface area contributed by atoms with Gasteiger partial charge in [0.05, 0.1) is 19.1 Å². The number of fused-ring (bicyclic) bond motifs is 1.